The van der Waals surface area contributed by atoms with Crippen molar-refractivity contribution in [2.45, 2.75) is 20.8 Å². The molecule has 0 spiro atoms. The minimum atomic E-state index is -1.27. The summed E-state index contributed by atoms with van der Waals surface area (Å²) in [7, 11) is 0. The maximum absolute atomic E-state index is 11.1. The molecule has 0 saturated carbocycles. The molecule has 1 heterocycles. The number of benzene rings is 1. The van der Waals surface area contributed by atoms with E-state index in [1.54, 1.807) is 0 Å². The van der Waals surface area contributed by atoms with Crippen LogP contribution in [0.4, 0.5) is 0 Å². The van der Waals surface area contributed by atoms with Crippen LogP contribution in [0.1, 0.15) is 30.0 Å². The van der Waals surface area contributed by atoms with Gasteiger partial charge in [0.1, 0.15) is 5.75 Å². The first-order valence-electron chi connectivity index (χ1n) is 5.97. The molecule has 7 nitrogen and oxygen atoms in total. The van der Waals surface area contributed by atoms with Crippen LogP contribution in [-0.2, 0) is 9.59 Å². The summed E-state index contributed by atoms with van der Waals surface area (Å²) < 4.78 is 15.2. The Balaban J connectivity index is 2.76. The van der Waals surface area contributed by atoms with Crippen molar-refractivity contribution >= 4 is 28.9 Å². The Morgan fingerprint density at radius 1 is 1.05 bits per heavy atom. The molecular weight excluding hydrogens is 280 g/mol. The first-order chi connectivity index (χ1) is 9.81. The van der Waals surface area contributed by atoms with E-state index in [1.807, 2.05) is 0 Å². The van der Waals surface area contributed by atoms with Crippen molar-refractivity contribution in [1.82, 2.24) is 0 Å². The lowest BCUT2D eigenvalue weighted by Gasteiger charge is -2.06. The minimum Gasteiger partial charge on any atom is -0.475 e. The predicted molar refractivity (Wildman–Crippen MR) is 70.5 cm³/mol. The summed E-state index contributed by atoms with van der Waals surface area (Å²) in [6, 6.07) is 2.78. The van der Waals surface area contributed by atoms with E-state index >= 15 is 0 Å². The van der Waals surface area contributed by atoms with E-state index < -0.39 is 17.9 Å². The number of carboxylic acids is 1. The number of furan rings is 1. The average Bonchev–Trinajstić information content (AvgIpc) is 2.70. The van der Waals surface area contributed by atoms with Gasteiger partial charge < -0.3 is 19.0 Å². The fraction of sp³-hybridized carbons (Fsp3) is 0.214. The van der Waals surface area contributed by atoms with Gasteiger partial charge in [-0.1, -0.05) is 0 Å². The fourth-order valence-electron chi connectivity index (χ4n) is 1.97. The predicted octanol–water partition coefficient (Wildman–Crippen LogP) is 2.29. The van der Waals surface area contributed by atoms with Crippen LogP contribution in [-0.4, -0.2) is 23.0 Å². The Bertz CT molecular complexity index is 754. The standard InChI is InChI=1S/C14H12O7/c1-6-11-9(19-7(2)15)4-5-10(20-8(3)16)13(11)21-12(6)14(17)18/h4-5H,1-3H3,(H,17,18). The number of hydrogen-bond acceptors (Lipinski definition) is 6. The Labute approximate surface area is 119 Å². The highest BCUT2D eigenvalue weighted by Crippen LogP contribution is 2.39. The van der Waals surface area contributed by atoms with Crippen molar-refractivity contribution in [3.63, 3.8) is 0 Å². The van der Waals surface area contributed by atoms with Crippen LogP contribution >= 0.6 is 0 Å². The quantitative estimate of drug-likeness (QED) is 0.683. The fourth-order valence-corrected chi connectivity index (χ4v) is 1.97. The van der Waals surface area contributed by atoms with Gasteiger partial charge in [-0.3, -0.25) is 9.59 Å². The Morgan fingerprint density at radius 2 is 1.57 bits per heavy atom. The van der Waals surface area contributed by atoms with E-state index in [9.17, 15) is 14.4 Å². The minimum absolute atomic E-state index is 0.0406. The van der Waals surface area contributed by atoms with E-state index in [0.29, 0.717) is 0 Å². The first kappa shape index (κ1) is 14.6. The zero-order valence-corrected chi connectivity index (χ0v) is 11.6. The molecule has 0 fully saturated rings. The lowest BCUT2D eigenvalue weighted by atomic mass is 10.1. The summed E-state index contributed by atoms with van der Waals surface area (Å²) in [5.74, 6) is -2.52. The van der Waals surface area contributed by atoms with Crippen LogP contribution in [0.5, 0.6) is 11.5 Å². The van der Waals surface area contributed by atoms with Gasteiger partial charge in [0, 0.05) is 19.4 Å². The summed E-state index contributed by atoms with van der Waals surface area (Å²) in [4.78, 5) is 33.3. The summed E-state index contributed by atoms with van der Waals surface area (Å²) in [5.41, 5.74) is 0.321. The molecular formula is C14H12O7. The Morgan fingerprint density at radius 3 is 2.10 bits per heavy atom. The number of carbonyl (C=O) groups is 3. The highest BCUT2D eigenvalue weighted by Gasteiger charge is 2.23. The molecule has 0 aliphatic heterocycles. The molecule has 1 N–H and O–H groups in total. The molecule has 2 rings (SSSR count). The number of fused-ring (bicyclic) bond motifs is 1. The lowest BCUT2D eigenvalue weighted by Crippen LogP contribution is -2.04. The summed E-state index contributed by atoms with van der Waals surface area (Å²) in [5, 5.41) is 9.38. The number of aromatic carboxylic acids is 1. The third-order valence-electron chi connectivity index (χ3n) is 2.70. The smallest absolute Gasteiger partial charge is 0.372 e. The van der Waals surface area contributed by atoms with Crippen LogP contribution in [0.2, 0.25) is 0 Å². The van der Waals surface area contributed by atoms with E-state index in [-0.39, 0.29) is 33.8 Å². The largest absolute Gasteiger partial charge is 0.475 e. The normalized spacial score (nSPS) is 10.4. The van der Waals surface area contributed by atoms with E-state index in [0.717, 1.165) is 0 Å². The van der Waals surface area contributed by atoms with E-state index in [4.69, 9.17) is 19.0 Å². The molecule has 0 aliphatic rings. The topological polar surface area (TPSA) is 103 Å². The van der Waals surface area contributed by atoms with Crippen molar-refractivity contribution in [3.05, 3.63) is 23.5 Å². The SMILES string of the molecule is CC(=O)Oc1ccc(OC(C)=O)c2c(C)c(C(=O)O)oc12. The molecule has 0 radical (unpaired) electrons. The molecule has 0 saturated heterocycles. The number of hydrogen-bond donors (Lipinski definition) is 1. The summed E-state index contributed by atoms with van der Waals surface area (Å²) in [6.45, 7) is 3.94. The van der Waals surface area contributed by atoms with E-state index in [1.165, 1.54) is 32.9 Å². The molecule has 0 atom stereocenters. The second-order valence-corrected chi connectivity index (χ2v) is 4.31. The van der Waals surface area contributed by atoms with Crippen LogP contribution in [0, 0.1) is 6.92 Å². The summed E-state index contributed by atoms with van der Waals surface area (Å²) >= 11 is 0. The van der Waals surface area contributed by atoms with Gasteiger partial charge in [0.25, 0.3) is 0 Å². The van der Waals surface area contributed by atoms with Crippen LogP contribution in [0.3, 0.4) is 0 Å². The molecule has 0 unspecified atom stereocenters. The molecule has 0 bridgehead atoms. The molecule has 0 amide bonds. The van der Waals surface area contributed by atoms with Gasteiger partial charge in [-0.15, -0.1) is 0 Å². The molecule has 0 aliphatic carbocycles. The van der Waals surface area contributed by atoms with Gasteiger partial charge in [-0.2, -0.15) is 0 Å². The molecule has 21 heavy (non-hydrogen) atoms. The van der Waals surface area contributed by atoms with Gasteiger partial charge in [0.2, 0.25) is 5.76 Å². The van der Waals surface area contributed by atoms with Crippen LogP contribution in [0.15, 0.2) is 16.5 Å². The average molecular weight is 292 g/mol. The third-order valence-corrected chi connectivity index (χ3v) is 2.70. The number of rotatable bonds is 3. The van der Waals surface area contributed by atoms with Gasteiger partial charge in [0.15, 0.2) is 11.3 Å². The van der Waals surface area contributed by atoms with Gasteiger partial charge in [-0.05, 0) is 19.1 Å². The lowest BCUT2D eigenvalue weighted by molar-refractivity contribution is -0.133. The van der Waals surface area contributed by atoms with Gasteiger partial charge in [-0.25, -0.2) is 4.79 Å². The highest BCUT2D eigenvalue weighted by atomic mass is 16.5. The van der Waals surface area contributed by atoms with Crippen molar-refractivity contribution in [2.75, 3.05) is 0 Å². The van der Waals surface area contributed by atoms with E-state index in [2.05, 4.69) is 0 Å². The van der Waals surface area contributed by atoms with Crippen LogP contribution in [0.25, 0.3) is 11.0 Å². The second kappa shape index (κ2) is 5.28. The maximum atomic E-state index is 11.1. The number of esters is 2. The summed E-state index contributed by atoms with van der Waals surface area (Å²) in [6.07, 6.45) is 0. The van der Waals surface area contributed by atoms with Crippen molar-refractivity contribution < 1.29 is 33.4 Å². The molecule has 7 heteroatoms. The second-order valence-electron chi connectivity index (χ2n) is 4.31. The molecule has 2 aromatic rings. The number of carbonyl (C=O) groups excluding carboxylic acids is 2. The van der Waals surface area contributed by atoms with Gasteiger partial charge in [0.05, 0.1) is 5.39 Å². The highest BCUT2D eigenvalue weighted by molar-refractivity contribution is 6.01. The molecule has 110 valence electrons. The first-order valence-corrected chi connectivity index (χ1v) is 5.97. The van der Waals surface area contributed by atoms with Crippen molar-refractivity contribution in [3.8, 4) is 11.5 Å². The zero-order valence-electron chi connectivity index (χ0n) is 11.6. The maximum Gasteiger partial charge on any atom is 0.372 e. The Kier molecular flexibility index (Phi) is 3.66. The van der Waals surface area contributed by atoms with Gasteiger partial charge >= 0.3 is 17.9 Å². The van der Waals surface area contributed by atoms with Crippen LogP contribution < -0.4 is 9.47 Å². The number of aryl methyl sites for hydroxylation is 1. The van der Waals surface area contributed by atoms with Crippen molar-refractivity contribution in [1.29, 1.82) is 0 Å². The Hall–Kier alpha value is -2.83. The number of carboxylic acid groups (broad SMARTS) is 1. The van der Waals surface area contributed by atoms with Crippen molar-refractivity contribution in [2.24, 2.45) is 0 Å². The monoisotopic (exact) mass is 292 g/mol. The third kappa shape index (κ3) is 2.71. The molecule has 1 aromatic carbocycles. The zero-order chi connectivity index (χ0) is 15.7. The number of ether oxygens (including phenoxy) is 2. The molecule has 1 aromatic heterocycles.